The van der Waals surface area contributed by atoms with E-state index in [-0.39, 0.29) is 0 Å². The van der Waals surface area contributed by atoms with Gasteiger partial charge in [-0.05, 0) is 43.0 Å². The molecule has 1 heterocycles. The Morgan fingerprint density at radius 1 is 1.20 bits per heavy atom. The van der Waals surface area contributed by atoms with E-state index in [0.29, 0.717) is 12.2 Å². The molecule has 1 aromatic carbocycles. The third-order valence-corrected chi connectivity index (χ3v) is 4.09. The zero-order valence-corrected chi connectivity index (χ0v) is 11.9. The van der Waals surface area contributed by atoms with E-state index in [1.54, 1.807) is 0 Å². The van der Waals surface area contributed by atoms with Gasteiger partial charge in [-0.25, -0.2) is 0 Å². The molecule has 0 amide bonds. The molecule has 1 aliphatic rings. The van der Waals surface area contributed by atoms with Gasteiger partial charge in [0.15, 0.2) is 5.78 Å². The first-order valence-corrected chi connectivity index (χ1v) is 7.28. The first-order valence-electron chi connectivity index (χ1n) is 7.28. The van der Waals surface area contributed by atoms with Crippen LogP contribution in [0.3, 0.4) is 0 Å². The summed E-state index contributed by atoms with van der Waals surface area (Å²) in [6.07, 6.45) is 3.63. The van der Waals surface area contributed by atoms with Crippen molar-refractivity contribution in [2.75, 3.05) is 5.73 Å². The number of hydrogen-bond acceptors (Lipinski definition) is 2. The number of nitrogens with zero attached hydrogens (tertiary/aromatic N) is 1. The van der Waals surface area contributed by atoms with Crippen molar-refractivity contribution in [3.05, 3.63) is 52.8 Å². The van der Waals surface area contributed by atoms with Crippen molar-refractivity contribution in [2.45, 2.75) is 39.2 Å². The highest BCUT2D eigenvalue weighted by atomic mass is 16.1. The molecule has 3 nitrogen and oxygen atoms in total. The molecule has 2 aromatic rings. The van der Waals surface area contributed by atoms with Crippen LogP contribution in [0.1, 0.15) is 47.1 Å². The molecule has 2 N–H and O–H groups in total. The number of hydrogen-bond donors (Lipinski definition) is 1. The van der Waals surface area contributed by atoms with Crippen LogP contribution in [0.5, 0.6) is 0 Å². The summed E-state index contributed by atoms with van der Waals surface area (Å²) >= 11 is 0. The van der Waals surface area contributed by atoms with E-state index in [1.807, 2.05) is 12.1 Å². The van der Waals surface area contributed by atoms with Crippen LogP contribution in [0.2, 0.25) is 0 Å². The van der Waals surface area contributed by atoms with Crippen LogP contribution < -0.4 is 5.73 Å². The minimum absolute atomic E-state index is 0.303. The lowest BCUT2D eigenvalue weighted by molar-refractivity contribution is 0.0972. The van der Waals surface area contributed by atoms with Crippen LogP contribution in [0.25, 0.3) is 0 Å². The maximum absolute atomic E-state index is 12.0. The van der Waals surface area contributed by atoms with E-state index in [4.69, 9.17) is 5.73 Å². The second-order valence-corrected chi connectivity index (χ2v) is 5.45. The topological polar surface area (TPSA) is 48.0 Å². The Morgan fingerprint density at radius 2 is 1.95 bits per heavy atom. The summed E-state index contributed by atoms with van der Waals surface area (Å²) in [4.78, 5) is 12.0. The van der Waals surface area contributed by atoms with Gasteiger partial charge in [-0.15, -0.1) is 0 Å². The zero-order valence-electron chi connectivity index (χ0n) is 11.9. The average molecular weight is 268 g/mol. The smallest absolute Gasteiger partial charge is 0.164 e. The Labute approximate surface area is 119 Å². The summed E-state index contributed by atoms with van der Waals surface area (Å²) in [5, 5.41) is 0. The number of nitrogens with two attached hydrogens (primary N) is 1. The summed E-state index contributed by atoms with van der Waals surface area (Å²) in [6, 6.07) is 10.1. The van der Waals surface area contributed by atoms with Crippen LogP contribution in [0.4, 0.5) is 5.69 Å². The summed E-state index contributed by atoms with van der Waals surface area (Å²) in [7, 11) is 0. The number of carbonyl (C=O) groups is 1. The van der Waals surface area contributed by atoms with Gasteiger partial charge >= 0.3 is 0 Å². The number of Topliss-reactive ketones (excluding diaryl/α,β-unsaturated/α-hetero) is 1. The Bertz CT molecular complexity index is 638. The zero-order chi connectivity index (χ0) is 14.1. The molecule has 0 saturated carbocycles. The second kappa shape index (κ2) is 5.16. The SMILES string of the molecule is CCc1cc2c(n1Cc1ccc(N)cc1)CCCC2=O. The third kappa shape index (κ3) is 2.24. The summed E-state index contributed by atoms with van der Waals surface area (Å²) < 4.78 is 2.32. The number of anilines is 1. The highest BCUT2D eigenvalue weighted by molar-refractivity contribution is 5.98. The molecule has 0 aliphatic heterocycles. The Kier molecular flexibility index (Phi) is 3.35. The Hall–Kier alpha value is -2.03. The van der Waals surface area contributed by atoms with Gasteiger partial charge in [-0.1, -0.05) is 19.1 Å². The third-order valence-electron chi connectivity index (χ3n) is 4.09. The predicted octanol–water partition coefficient (Wildman–Crippen LogP) is 3.20. The fourth-order valence-corrected chi connectivity index (χ4v) is 3.00. The van der Waals surface area contributed by atoms with Crippen molar-refractivity contribution >= 4 is 11.5 Å². The van der Waals surface area contributed by atoms with E-state index < -0.39 is 0 Å². The van der Waals surface area contributed by atoms with Crippen molar-refractivity contribution in [1.29, 1.82) is 0 Å². The predicted molar refractivity (Wildman–Crippen MR) is 81.0 cm³/mol. The van der Waals surface area contributed by atoms with Crippen molar-refractivity contribution in [3.63, 3.8) is 0 Å². The van der Waals surface area contributed by atoms with Gasteiger partial charge in [0.05, 0.1) is 0 Å². The fraction of sp³-hybridized carbons (Fsp3) is 0.353. The van der Waals surface area contributed by atoms with Gasteiger partial charge in [0, 0.05) is 35.6 Å². The van der Waals surface area contributed by atoms with E-state index in [9.17, 15) is 4.79 Å². The van der Waals surface area contributed by atoms with Gasteiger partial charge in [-0.3, -0.25) is 4.79 Å². The van der Waals surface area contributed by atoms with E-state index >= 15 is 0 Å². The number of aromatic nitrogens is 1. The molecular weight excluding hydrogens is 248 g/mol. The quantitative estimate of drug-likeness (QED) is 0.869. The number of aryl methyl sites for hydroxylation is 1. The number of rotatable bonds is 3. The molecule has 0 bridgehead atoms. The molecule has 0 radical (unpaired) electrons. The maximum Gasteiger partial charge on any atom is 0.164 e. The maximum atomic E-state index is 12.0. The van der Waals surface area contributed by atoms with Gasteiger partial charge < -0.3 is 10.3 Å². The summed E-state index contributed by atoms with van der Waals surface area (Å²) in [5.74, 6) is 0.303. The van der Waals surface area contributed by atoms with Crippen molar-refractivity contribution in [3.8, 4) is 0 Å². The van der Waals surface area contributed by atoms with Crippen LogP contribution in [-0.2, 0) is 19.4 Å². The highest BCUT2D eigenvalue weighted by Crippen LogP contribution is 2.26. The fourth-order valence-electron chi connectivity index (χ4n) is 3.00. The number of ketones is 1. The molecule has 0 unspecified atom stereocenters. The number of fused-ring (bicyclic) bond motifs is 1. The molecular formula is C17H20N2O. The van der Waals surface area contributed by atoms with Crippen molar-refractivity contribution in [1.82, 2.24) is 4.57 Å². The summed E-state index contributed by atoms with van der Waals surface area (Å²) in [5.41, 5.74) is 11.2. The van der Waals surface area contributed by atoms with Crippen molar-refractivity contribution < 1.29 is 4.79 Å². The van der Waals surface area contributed by atoms with Gasteiger partial charge in [0.1, 0.15) is 0 Å². The van der Waals surface area contributed by atoms with Crippen LogP contribution >= 0.6 is 0 Å². The van der Waals surface area contributed by atoms with Gasteiger partial charge in [0.25, 0.3) is 0 Å². The monoisotopic (exact) mass is 268 g/mol. The second-order valence-electron chi connectivity index (χ2n) is 5.45. The minimum Gasteiger partial charge on any atom is -0.399 e. The Balaban J connectivity index is 2.00. The molecule has 0 spiro atoms. The van der Waals surface area contributed by atoms with Gasteiger partial charge in [0.2, 0.25) is 0 Å². The molecule has 104 valence electrons. The van der Waals surface area contributed by atoms with Crippen LogP contribution in [0.15, 0.2) is 30.3 Å². The van der Waals surface area contributed by atoms with Crippen LogP contribution in [-0.4, -0.2) is 10.4 Å². The number of carbonyl (C=O) groups excluding carboxylic acids is 1. The largest absolute Gasteiger partial charge is 0.399 e. The minimum atomic E-state index is 0.303. The molecule has 0 atom stereocenters. The standard InChI is InChI=1S/C17H20N2O/c1-2-14-10-15-16(4-3-5-17(15)20)19(14)11-12-6-8-13(18)9-7-12/h6-10H,2-5,11,18H2,1H3. The first-order chi connectivity index (χ1) is 9.69. The summed E-state index contributed by atoms with van der Waals surface area (Å²) in [6.45, 7) is 2.97. The van der Waals surface area contributed by atoms with E-state index in [2.05, 4.69) is 29.7 Å². The lowest BCUT2D eigenvalue weighted by atomic mass is 9.96. The molecule has 3 heteroatoms. The molecule has 3 rings (SSSR count). The van der Waals surface area contributed by atoms with E-state index in [0.717, 1.165) is 37.1 Å². The van der Waals surface area contributed by atoms with Crippen molar-refractivity contribution in [2.24, 2.45) is 0 Å². The van der Waals surface area contributed by atoms with Gasteiger partial charge in [-0.2, -0.15) is 0 Å². The molecule has 1 aromatic heterocycles. The Morgan fingerprint density at radius 3 is 2.65 bits per heavy atom. The normalized spacial score (nSPS) is 14.3. The molecule has 0 saturated heterocycles. The van der Waals surface area contributed by atoms with E-state index in [1.165, 1.54) is 17.0 Å². The molecule has 0 fully saturated rings. The molecule has 1 aliphatic carbocycles. The first kappa shape index (κ1) is 13.0. The number of benzene rings is 1. The number of nitrogen functional groups attached to an aromatic ring is 1. The lowest BCUT2D eigenvalue weighted by Crippen LogP contribution is -2.14. The molecule has 20 heavy (non-hydrogen) atoms. The lowest BCUT2D eigenvalue weighted by Gasteiger charge is -2.16. The average Bonchev–Trinajstić information content (AvgIpc) is 2.81. The highest BCUT2D eigenvalue weighted by Gasteiger charge is 2.23. The van der Waals surface area contributed by atoms with Crippen LogP contribution in [0, 0.1) is 0 Å².